The molecule has 2 saturated carbocycles. The summed E-state index contributed by atoms with van der Waals surface area (Å²) in [6, 6.07) is 15.7. The molecule has 29 heavy (non-hydrogen) atoms. The van der Waals surface area contributed by atoms with E-state index in [2.05, 4.69) is 19.1 Å². The molecule has 0 spiro atoms. The summed E-state index contributed by atoms with van der Waals surface area (Å²) in [7, 11) is 0. The average Bonchev–Trinajstić information content (AvgIpc) is 2.96. The Bertz CT molecular complexity index is 932. The van der Waals surface area contributed by atoms with Crippen LogP contribution in [-0.4, -0.2) is 27.9 Å². The molecule has 0 aliphatic heterocycles. The van der Waals surface area contributed by atoms with Crippen LogP contribution in [0.4, 0.5) is 4.39 Å². The predicted octanol–water partition coefficient (Wildman–Crippen LogP) is 5.18. The summed E-state index contributed by atoms with van der Waals surface area (Å²) in [4.78, 5) is 0. The predicted molar refractivity (Wildman–Crippen MR) is 116 cm³/mol. The number of phenolic OH excluding ortho intramolecular Hbond substituents is 1. The lowest BCUT2D eigenvalue weighted by molar-refractivity contribution is -0.0155. The summed E-state index contributed by atoms with van der Waals surface area (Å²) < 4.78 is 15.8. The summed E-state index contributed by atoms with van der Waals surface area (Å²) in [6.45, 7) is 2.15. The third-order valence-electron chi connectivity index (χ3n) is 7.99. The van der Waals surface area contributed by atoms with Gasteiger partial charge in [0.1, 0.15) is 11.9 Å². The molecule has 2 N–H and O–H groups in total. The Balaban J connectivity index is 1.71. The zero-order valence-corrected chi connectivity index (χ0v) is 17.4. The molecule has 5 rings (SSSR count). The molecule has 0 saturated heterocycles. The molecular formula is C25H27FO2S. The first-order chi connectivity index (χ1) is 13.9. The SMILES string of the molecule is C[C@@]12C[C@H](O)C(C=S)[C@H]1[C@H]1[C@@H](c3ccc(O)cc3C[C@H]1c1ccccc1)[C@@H](F)C2. The second-order valence-corrected chi connectivity index (χ2v) is 9.86. The summed E-state index contributed by atoms with van der Waals surface area (Å²) in [5.74, 6) is 0.285. The van der Waals surface area contributed by atoms with Crippen molar-refractivity contribution < 1.29 is 14.6 Å². The summed E-state index contributed by atoms with van der Waals surface area (Å²) in [5, 5.41) is 22.6. The molecule has 1 unspecified atom stereocenters. The van der Waals surface area contributed by atoms with Gasteiger partial charge in [0.25, 0.3) is 0 Å². The number of fused-ring (bicyclic) bond motifs is 5. The standard InChI is InChI=1S/C25H27FO2S/c1-25-11-20(26)22-17-8-7-16(27)9-15(17)10-18(14-5-3-2-4-6-14)23(22)24(25)19(13-29)21(28)12-25/h2-9,13,18-24,27-28H,10-12H2,1H3/t18-,19?,20-,21-,22-,23+,24-,25+/m0/s1. The fourth-order valence-corrected chi connectivity index (χ4v) is 7.37. The van der Waals surface area contributed by atoms with Crippen molar-refractivity contribution in [3.63, 3.8) is 0 Å². The van der Waals surface area contributed by atoms with Crippen molar-refractivity contribution in [2.75, 3.05) is 0 Å². The maximum absolute atomic E-state index is 15.8. The fraction of sp³-hybridized carbons (Fsp3) is 0.480. The Kier molecular flexibility index (Phi) is 4.56. The highest BCUT2D eigenvalue weighted by atomic mass is 32.1. The monoisotopic (exact) mass is 410 g/mol. The van der Waals surface area contributed by atoms with Crippen LogP contribution in [0, 0.1) is 23.2 Å². The largest absolute Gasteiger partial charge is 0.508 e. The van der Waals surface area contributed by atoms with Gasteiger partial charge in [0.05, 0.1) is 6.10 Å². The number of rotatable bonds is 2. The van der Waals surface area contributed by atoms with Gasteiger partial charge >= 0.3 is 0 Å². The van der Waals surface area contributed by atoms with E-state index in [1.165, 1.54) is 5.56 Å². The van der Waals surface area contributed by atoms with Crippen LogP contribution in [0.1, 0.15) is 48.3 Å². The van der Waals surface area contributed by atoms with Gasteiger partial charge in [-0.15, -0.1) is 0 Å². The van der Waals surface area contributed by atoms with Crippen LogP contribution in [0.3, 0.4) is 0 Å². The molecule has 2 aromatic rings. The Morgan fingerprint density at radius 1 is 1.14 bits per heavy atom. The molecular weight excluding hydrogens is 383 g/mol. The lowest BCUT2D eigenvalue weighted by Crippen LogP contribution is -2.50. The molecule has 0 bridgehead atoms. The molecule has 152 valence electrons. The quantitative estimate of drug-likeness (QED) is 0.671. The highest BCUT2D eigenvalue weighted by Crippen LogP contribution is 2.65. The summed E-state index contributed by atoms with van der Waals surface area (Å²) >= 11 is 5.37. The van der Waals surface area contributed by atoms with Crippen LogP contribution in [0.25, 0.3) is 0 Å². The molecule has 2 aromatic carbocycles. The van der Waals surface area contributed by atoms with E-state index >= 15 is 4.39 Å². The van der Waals surface area contributed by atoms with Crippen LogP contribution in [-0.2, 0) is 6.42 Å². The highest BCUT2D eigenvalue weighted by molar-refractivity contribution is 7.79. The van der Waals surface area contributed by atoms with Gasteiger partial charge in [0.2, 0.25) is 0 Å². The summed E-state index contributed by atoms with van der Waals surface area (Å²) in [6.07, 6.45) is 0.382. The molecule has 0 aromatic heterocycles. The Morgan fingerprint density at radius 3 is 2.62 bits per heavy atom. The van der Waals surface area contributed by atoms with Crippen LogP contribution in [0.2, 0.25) is 0 Å². The van der Waals surface area contributed by atoms with Crippen LogP contribution < -0.4 is 0 Å². The molecule has 3 aliphatic rings. The third kappa shape index (κ3) is 2.87. The van der Waals surface area contributed by atoms with Crippen LogP contribution in [0.5, 0.6) is 5.75 Å². The first kappa shape index (κ1) is 19.2. The van der Waals surface area contributed by atoms with Crippen molar-refractivity contribution in [1.82, 2.24) is 0 Å². The van der Waals surface area contributed by atoms with Gasteiger partial charge in [-0.2, -0.15) is 0 Å². The van der Waals surface area contributed by atoms with Gasteiger partial charge < -0.3 is 10.2 Å². The van der Waals surface area contributed by atoms with E-state index in [4.69, 9.17) is 12.2 Å². The Labute approximate surface area is 176 Å². The number of benzene rings is 2. The van der Waals surface area contributed by atoms with E-state index in [9.17, 15) is 10.2 Å². The minimum absolute atomic E-state index is 0.0737. The summed E-state index contributed by atoms with van der Waals surface area (Å²) in [5.41, 5.74) is 3.03. The number of aliphatic hydroxyl groups excluding tert-OH is 1. The zero-order chi connectivity index (χ0) is 20.3. The smallest absolute Gasteiger partial charge is 0.115 e. The van der Waals surface area contributed by atoms with Crippen molar-refractivity contribution in [2.24, 2.45) is 23.2 Å². The van der Waals surface area contributed by atoms with Crippen molar-refractivity contribution in [1.29, 1.82) is 0 Å². The van der Waals surface area contributed by atoms with E-state index in [-0.39, 0.29) is 40.8 Å². The number of hydrogen-bond acceptors (Lipinski definition) is 3. The van der Waals surface area contributed by atoms with Gasteiger partial charge in [-0.1, -0.05) is 55.5 Å². The first-order valence-corrected chi connectivity index (χ1v) is 11.0. The van der Waals surface area contributed by atoms with Crippen LogP contribution in [0.15, 0.2) is 48.5 Å². The molecule has 8 atom stereocenters. The van der Waals surface area contributed by atoms with Crippen molar-refractivity contribution >= 4 is 17.6 Å². The molecule has 2 fully saturated rings. The van der Waals surface area contributed by atoms with Gasteiger partial charge in [0, 0.05) is 11.8 Å². The minimum Gasteiger partial charge on any atom is -0.508 e. The van der Waals surface area contributed by atoms with Gasteiger partial charge in [-0.3, -0.25) is 0 Å². The number of phenols is 1. The second kappa shape index (κ2) is 6.88. The molecule has 0 heterocycles. The van der Waals surface area contributed by atoms with Crippen molar-refractivity contribution in [3.05, 3.63) is 65.2 Å². The van der Waals surface area contributed by atoms with E-state index in [0.717, 1.165) is 17.5 Å². The number of aromatic hydroxyl groups is 1. The first-order valence-electron chi connectivity index (χ1n) is 10.6. The molecule has 0 radical (unpaired) electrons. The number of halogens is 1. The third-order valence-corrected chi connectivity index (χ3v) is 8.31. The van der Waals surface area contributed by atoms with Gasteiger partial charge in [0.15, 0.2) is 0 Å². The van der Waals surface area contributed by atoms with Gasteiger partial charge in [-0.05, 0) is 76.6 Å². The zero-order valence-electron chi connectivity index (χ0n) is 16.5. The highest BCUT2D eigenvalue weighted by Gasteiger charge is 2.62. The fourth-order valence-electron chi connectivity index (χ4n) is 7.02. The number of alkyl halides is 1. The lowest BCUT2D eigenvalue weighted by Gasteiger charge is -2.54. The maximum Gasteiger partial charge on any atom is 0.115 e. The number of aliphatic hydroxyl groups is 1. The van der Waals surface area contributed by atoms with E-state index in [1.54, 1.807) is 11.4 Å². The second-order valence-electron chi connectivity index (χ2n) is 9.59. The van der Waals surface area contributed by atoms with E-state index in [0.29, 0.717) is 12.8 Å². The van der Waals surface area contributed by atoms with Crippen molar-refractivity contribution in [2.45, 2.75) is 50.3 Å². The number of hydrogen-bond donors (Lipinski definition) is 2. The Morgan fingerprint density at radius 2 is 1.90 bits per heavy atom. The molecule has 2 nitrogen and oxygen atoms in total. The number of thiocarbonyl (C=S) groups is 1. The van der Waals surface area contributed by atoms with Crippen LogP contribution >= 0.6 is 12.2 Å². The molecule has 0 amide bonds. The van der Waals surface area contributed by atoms with Gasteiger partial charge in [-0.25, -0.2) is 4.39 Å². The van der Waals surface area contributed by atoms with Crippen molar-refractivity contribution in [3.8, 4) is 5.75 Å². The average molecular weight is 411 g/mol. The topological polar surface area (TPSA) is 40.5 Å². The Hall–Kier alpha value is -1.78. The maximum atomic E-state index is 15.8. The molecule has 4 heteroatoms. The lowest BCUT2D eigenvalue weighted by atomic mass is 9.50. The van der Waals surface area contributed by atoms with E-state index < -0.39 is 12.3 Å². The minimum atomic E-state index is -0.966. The van der Waals surface area contributed by atoms with E-state index in [1.807, 2.05) is 30.3 Å². The normalized spacial score (nSPS) is 40.6. The molecule has 3 aliphatic carbocycles.